The minimum atomic E-state index is -0.979. The number of nitrogens with zero attached hydrogens (tertiary/aromatic N) is 2. The van der Waals surface area contributed by atoms with E-state index in [1.807, 2.05) is 6.07 Å². The van der Waals surface area contributed by atoms with E-state index in [1.54, 1.807) is 12.1 Å². The molecule has 0 unspecified atom stereocenters. The van der Waals surface area contributed by atoms with Gasteiger partial charge in [0.15, 0.2) is 6.61 Å². The standard InChI is InChI=1S/C18H27ClN2O3/c1-4-16-11-20(7-8-21(16)13(2)3)10-14-9-15(19)5-6-17(14)24-12-18(22)23/h5-6,9,13,16H,4,7-8,10-12H2,1-3H3,(H,22,23)/t16-/m1/s1. The lowest BCUT2D eigenvalue weighted by Crippen LogP contribution is -2.54. The largest absolute Gasteiger partial charge is 0.482 e. The molecule has 1 aliphatic rings. The van der Waals surface area contributed by atoms with E-state index < -0.39 is 5.97 Å². The maximum atomic E-state index is 10.8. The molecule has 1 saturated heterocycles. The Morgan fingerprint density at radius 3 is 2.79 bits per heavy atom. The van der Waals surface area contributed by atoms with Crippen LogP contribution in [-0.2, 0) is 11.3 Å². The number of rotatable bonds is 7. The molecule has 6 heteroatoms. The Morgan fingerprint density at radius 1 is 1.42 bits per heavy atom. The van der Waals surface area contributed by atoms with Crippen LogP contribution in [0.5, 0.6) is 5.75 Å². The van der Waals surface area contributed by atoms with Crippen LogP contribution in [0.2, 0.25) is 5.02 Å². The summed E-state index contributed by atoms with van der Waals surface area (Å²) in [5, 5.41) is 9.46. The summed E-state index contributed by atoms with van der Waals surface area (Å²) in [5.41, 5.74) is 0.941. The van der Waals surface area contributed by atoms with E-state index in [0.29, 0.717) is 22.9 Å². The van der Waals surface area contributed by atoms with Crippen molar-refractivity contribution >= 4 is 17.6 Å². The van der Waals surface area contributed by atoms with Gasteiger partial charge in [0.1, 0.15) is 5.75 Å². The van der Waals surface area contributed by atoms with Crippen LogP contribution in [0.1, 0.15) is 32.8 Å². The molecule has 5 nitrogen and oxygen atoms in total. The summed E-state index contributed by atoms with van der Waals surface area (Å²) in [7, 11) is 0. The van der Waals surface area contributed by atoms with Crippen LogP contribution < -0.4 is 4.74 Å². The molecule has 1 atom stereocenters. The van der Waals surface area contributed by atoms with Gasteiger partial charge in [-0.1, -0.05) is 18.5 Å². The number of carboxylic acids is 1. The van der Waals surface area contributed by atoms with Crippen molar-refractivity contribution in [3.05, 3.63) is 28.8 Å². The van der Waals surface area contributed by atoms with Crippen LogP contribution in [-0.4, -0.2) is 59.2 Å². The molecule has 1 aliphatic heterocycles. The molecule has 0 spiro atoms. The third kappa shape index (κ3) is 5.10. The zero-order valence-corrected chi connectivity index (χ0v) is 15.4. The fourth-order valence-electron chi connectivity index (χ4n) is 3.31. The van der Waals surface area contributed by atoms with Crippen LogP contribution in [0.25, 0.3) is 0 Å². The van der Waals surface area contributed by atoms with Gasteiger partial charge in [0.2, 0.25) is 0 Å². The lowest BCUT2D eigenvalue weighted by molar-refractivity contribution is -0.139. The van der Waals surface area contributed by atoms with E-state index in [-0.39, 0.29) is 6.61 Å². The molecule has 0 radical (unpaired) electrons. The molecule has 0 amide bonds. The van der Waals surface area contributed by atoms with Gasteiger partial charge >= 0.3 is 5.97 Å². The van der Waals surface area contributed by atoms with Gasteiger partial charge in [-0.25, -0.2) is 4.79 Å². The van der Waals surface area contributed by atoms with Crippen LogP contribution in [0.3, 0.4) is 0 Å². The van der Waals surface area contributed by atoms with Crippen molar-refractivity contribution in [3.63, 3.8) is 0 Å². The van der Waals surface area contributed by atoms with Crippen LogP contribution in [0, 0.1) is 0 Å². The number of piperazine rings is 1. The molecule has 0 aliphatic carbocycles. The number of benzene rings is 1. The maximum Gasteiger partial charge on any atom is 0.341 e. The van der Waals surface area contributed by atoms with Gasteiger partial charge in [-0.15, -0.1) is 0 Å². The number of carbonyl (C=O) groups is 1. The van der Waals surface area contributed by atoms with Crippen molar-refractivity contribution < 1.29 is 14.6 Å². The molecule has 0 bridgehead atoms. The summed E-state index contributed by atoms with van der Waals surface area (Å²) in [4.78, 5) is 15.7. The minimum absolute atomic E-state index is 0.340. The Hall–Kier alpha value is -1.30. The molecule has 0 aromatic heterocycles. The molecule has 134 valence electrons. The predicted molar refractivity (Wildman–Crippen MR) is 95.8 cm³/mol. The average Bonchev–Trinajstić information content (AvgIpc) is 2.53. The number of hydrogen-bond acceptors (Lipinski definition) is 4. The first-order chi connectivity index (χ1) is 11.4. The van der Waals surface area contributed by atoms with Crippen LogP contribution in [0.4, 0.5) is 0 Å². The zero-order chi connectivity index (χ0) is 17.7. The van der Waals surface area contributed by atoms with E-state index in [1.165, 1.54) is 0 Å². The summed E-state index contributed by atoms with van der Waals surface area (Å²) in [5.74, 6) is -0.381. The van der Waals surface area contributed by atoms with Crippen molar-refractivity contribution in [3.8, 4) is 5.75 Å². The SMILES string of the molecule is CC[C@@H]1CN(Cc2cc(Cl)ccc2OCC(=O)O)CCN1C(C)C. The number of hydrogen-bond donors (Lipinski definition) is 1. The van der Waals surface area contributed by atoms with Crippen molar-refractivity contribution in [1.29, 1.82) is 0 Å². The van der Waals surface area contributed by atoms with Crippen molar-refractivity contribution in [1.82, 2.24) is 9.80 Å². The highest BCUT2D eigenvalue weighted by Crippen LogP contribution is 2.26. The predicted octanol–water partition coefficient (Wildman–Crippen LogP) is 3.11. The smallest absolute Gasteiger partial charge is 0.341 e. The second kappa shape index (κ2) is 8.70. The van der Waals surface area contributed by atoms with Gasteiger partial charge in [-0.05, 0) is 38.5 Å². The van der Waals surface area contributed by atoms with Gasteiger partial charge in [0, 0.05) is 48.8 Å². The number of carboxylic acid groups (broad SMARTS) is 1. The van der Waals surface area contributed by atoms with Gasteiger partial charge < -0.3 is 9.84 Å². The summed E-state index contributed by atoms with van der Waals surface area (Å²) in [6.07, 6.45) is 1.12. The molecule has 1 aromatic rings. The number of aliphatic carboxylic acids is 1. The van der Waals surface area contributed by atoms with Gasteiger partial charge in [0.25, 0.3) is 0 Å². The second-order valence-corrected chi connectivity index (χ2v) is 7.00. The highest BCUT2D eigenvalue weighted by molar-refractivity contribution is 6.30. The summed E-state index contributed by atoms with van der Waals surface area (Å²) >= 11 is 6.12. The highest BCUT2D eigenvalue weighted by atomic mass is 35.5. The molecule has 24 heavy (non-hydrogen) atoms. The van der Waals surface area contributed by atoms with Crippen molar-refractivity contribution in [2.45, 2.75) is 45.8 Å². The number of ether oxygens (including phenoxy) is 1. The van der Waals surface area contributed by atoms with Crippen molar-refractivity contribution in [2.75, 3.05) is 26.2 Å². The average molecular weight is 355 g/mol. The zero-order valence-electron chi connectivity index (χ0n) is 14.7. The molecule has 2 rings (SSSR count). The second-order valence-electron chi connectivity index (χ2n) is 6.56. The minimum Gasteiger partial charge on any atom is -0.482 e. The Morgan fingerprint density at radius 2 is 2.17 bits per heavy atom. The Bertz CT molecular complexity index is 565. The first-order valence-corrected chi connectivity index (χ1v) is 8.89. The maximum absolute atomic E-state index is 10.8. The molecule has 1 N–H and O–H groups in total. The van der Waals surface area contributed by atoms with Crippen LogP contribution >= 0.6 is 11.6 Å². The fourth-order valence-corrected chi connectivity index (χ4v) is 3.51. The fraction of sp³-hybridized carbons (Fsp3) is 0.611. The first kappa shape index (κ1) is 19.0. The van der Waals surface area contributed by atoms with Gasteiger partial charge in [0.05, 0.1) is 0 Å². The topological polar surface area (TPSA) is 53.0 Å². The lowest BCUT2D eigenvalue weighted by atomic mass is 10.1. The van der Waals surface area contributed by atoms with Crippen LogP contribution in [0.15, 0.2) is 18.2 Å². The Kier molecular flexibility index (Phi) is 6.90. The normalized spacial score (nSPS) is 19.6. The molecule has 1 aromatic carbocycles. The summed E-state index contributed by atoms with van der Waals surface area (Å²) < 4.78 is 5.41. The van der Waals surface area contributed by atoms with E-state index in [2.05, 4.69) is 30.6 Å². The molecule has 1 heterocycles. The molecular formula is C18H27ClN2O3. The highest BCUT2D eigenvalue weighted by Gasteiger charge is 2.27. The lowest BCUT2D eigenvalue weighted by Gasteiger charge is -2.43. The van der Waals surface area contributed by atoms with E-state index >= 15 is 0 Å². The third-order valence-electron chi connectivity index (χ3n) is 4.51. The monoisotopic (exact) mass is 354 g/mol. The van der Waals surface area contributed by atoms with E-state index in [4.69, 9.17) is 21.4 Å². The molecule has 0 saturated carbocycles. The van der Waals surface area contributed by atoms with E-state index in [0.717, 1.165) is 38.2 Å². The number of halogens is 1. The quantitative estimate of drug-likeness (QED) is 0.815. The Balaban J connectivity index is 2.07. The van der Waals surface area contributed by atoms with Crippen molar-refractivity contribution in [2.24, 2.45) is 0 Å². The molecule has 1 fully saturated rings. The van der Waals surface area contributed by atoms with Gasteiger partial charge in [-0.3, -0.25) is 9.80 Å². The Labute approximate surface area is 149 Å². The summed E-state index contributed by atoms with van der Waals surface area (Å²) in [6.45, 7) is 10.1. The molecular weight excluding hydrogens is 328 g/mol. The first-order valence-electron chi connectivity index (χ1n) is 8.51. The summed E-state index contributed by atoms with van der Waals surface area (Å²) in [6, 6.07) is 6.45. The third-order valence-corrected chi connectivity index (χ3v) is 4.75. The van der Waals surface area contributed by atoms with E-state index in [9.17, 15) is 4.79 Å². The van der Waals surface area contributed by atoms with Gasteiger partial charge in [-0.2, -0.15) is 0 Å².